The maximum absolute atomic E-state index is 10.9. The van der Waals surface area contributed by atoms with Gasteiger partial charge in [-0.1, -0.05) is 4.98 Å². The van der Waals surface area contributed by atoms with Crippen LogP contribution in [0.2, 0.25) is 0 Å². The first-order valence-corrected chi connectivity index (χ1v) is 8.91. The normalized spacial score (nSPS) is 12.8. The van der Waals surface area contributed by atoms with Crippen LogP contribution in [0.1, 0.15) is 27.7 Å². The zero-order valence-corrected chi connectivity index (χ0v) is 16.7. The number of imidazole rings is 1. The number of nitro groups is 1. The van der Waals surface area contributed by atoms with Crippen molar-refractivity contribution in [1.29, 1.82) is 0 Å². The number of rotatable bonds is 11. The molecule has 0 radical (unpaired) electrons. The molecule has 1 N–H and O–H groups in total. The highest BCUT2D eigenvalue weighted by molar-refractivity contribution is 7.82. The fourth-order valence-corrected chi connectivity index (χ4v) is 2.66. The van der Waals surface area contributed by atoms with E-state index >= 15 is 0 Å². The monoisotopic (exact) mass is 375 g/mol. The van der Waals surface area contributed by atoms with Crippen LogP contribution < -0.4 is 5.32 Å². The van der Waals surface area contributed by atoms with E-state index in [1.54, 1.807) is 10.8 Å². The second-order valence-electron chi connectivity index (χ2n) is 7.26. The molecule has 1 aromatic rings. The molecule has 0 bridgehead atoms. The van der Waals surface area contributed by atoms with E-state index in [1.165, 1.54) is 6.20 Å². The Morgan fingerprint density at radius 1 is 1.29 bits per heavy atom. The molecule has 0 amide bonds. The molecule has 0 spiro atoms. The Morgan fingerprint density at radius 3 is 2.50 bits per heavy atom. The fourth-order valence-electron chi connectivity index (χ4n) is 2.35. The quantitative estimate of drug-likeness (QED) is 0.239. The van der Waals surface area contributed by atoms with Gasteiger partial charge < -0.3 is 15.4 Å². The minimum atomic E-state index is -0.455. The summed E-state index contributed by atoms with van der Waals surface area (Å²) < 4.78 is 1.39. The average Bonchev–Trinajstić information content (AvgIpc) is 2.86. The molecule has 0 unspecified atom stereocenters. The molecule has 0 atom stereocenters. The van der Waals surface area contributed by atoms with Gasteiger partial charge in [-0.3, -0.25) is 4.90 Å². The second-order valence-corrected chi connectivity index (χ2v) is 9.68. The Bertz CT molecular complexity index is 523. The summed E-state index contributed by atoms with van der Waals surface area (Å²) in [7, 11) is 0. The van der Waals surface area contributed by atoms with E-state index in [0.717, 1.165) is 26.2 Å². The molecule has 7 nitrogen and oxygen atoms in total. The van der Waals surface area contributed by atoms with Crippen molar-refractivity contribution >= 4 is 31.2 Å². The lowest BCUT2D eigenvalue weighted by Crippen LogP contribution is -2.42. The number of hydrogen-bond acceptors (Lipinski definition) is 7. The second kappa shape index (κ2) is 9.07. The van der Waals surface area contributed by atoms with Crippen molar-refractivity contribution in [3.8, 4) is 0 Å². The van der Waals surface area contributed by atoms with Crippen LogP contribution >= 0.6 is 25.3 Å². The lowest BCUT2D eigenvalue weighted by molar-refractivity contribution is -0.396. The topological polar surface area (TPSA) is 76.2 Å². The zero-order valence-electron chi connectivity index (χ0n) is 14.9. The Kier molecular flexibility index (Phi) is 8.04. The van der Waals surface area contributed by atoms with Gasteiger partial charge in [-0.25, -0.2) is 4.57 Å². The number of thiol groups is 2. The molecule has 0 aliphatic carbocycles. The molecule has 0 saturated heterocycles. The maximum atomic E-state index is 10.9. The molecule has 24 heavy (non-hydrogen) atoms. The third kappa shape index (κ3) is 8.91. The molecular formula is C15H29N5O2S2. The first-order chi connectivity index (χ1) is 11.0. The smallest absolute Gasteiger partial charge is 0.390 e. The molecule has 0 aliphatic heterocycles. The van der Waals surface area contributed by atoms with E-state index in [2.05, 4.69) is 68.2 Å². The van der Waals surface area contributed by atoms with Crippen LogP contribution in [0.4, 0.5) is 5.95 Å². The van der Waals surface area contributed by atoms with Gasteiger partial charge in [-0.05, 0) is 32.6 Å². The Balaban J connectivity index is 2.56. The predicted molar refractivity (Wildman–Crippen MR) is 104 cm³/mol. The molecular weight excluding hydrogens is 346 g/mol. The SMILES string of the molecule is CC(C)(S)CNCCN(CCn1ccnc1[N+](=O)[O-])CC(C)(C)S. The van der Waals surface area contributed by atoms with Gasteiger partial charge in [0.1, 0.15) is 12.4 Å². The highest BCUT2D eigenvalue weighted by Crippen LogP contribution is 2.15. The largest absolute Gasteiger partial charge is 0.434 e. The van der Waals surface area contributed by atoms with Crippen LogP contribution in [-0.4, -0.2) is 61.6 Å². The third-order valence-corrected chi connectivity index (χ3v) is 3.59. The van der Waals surface area contributed by atoms with Crippen LogP contribution in [-0.2, 0) is 6.54 Å². The van der Waals surface area contributed by atoms with Gasteiger partial charge >= 0.3 is 5.95 Å². The van der Waals surface area contributed by atoms with Gasteiger partial charge in [0.2, 0.25) is 0 Å². The zero-order chi connectivity index (χ0) is 18.4. The van der Waals surface area contributed by atoms with E-state index in [-0.39, 0.29) is 15.4 Å². The summed E-state index contributed by atoms with van der Waals surface area (Å²) in [6.45, 7) is 12.8. The highest BCUT2D eigenvalue weighted by Gasteiger charge is 2.20. The van der Waals surface area contributed by atoms with E-state index in [4.69, 9.17) is 0 Å². The fraction of sp³-hybridized carbons (Fsp3) is 0.800. The molecule has 0 fully saturated rings. The summed E-state index contributed by atoms with van der Waals surface area (Å²) in [4.78, 5) is 16.5. The Morgan fingerprint density at radius 2 is 1.96 bits per heavy atom. The average molecular weight is 376 g/mol. The number of nitrogens with one attached hydrogen (secondary N) is 1. The van der Waals surface area contributed by atoms with Gasteiger partial charge in [0.25, 0.3) is 0 Å². The number of aromatic nitrogens is 2. The third-order valence-electron chi connectivity index (χ3n) is 3.29. The van der Waals surface area contributed by atoms with Crippen LogP contribution in [0.25, 0.3) is 0 Å². The molecule has 138 valence electrons. The molecule has 1 rings (SSSR count). The van der Waals surface area contributed by atoms with Gasteiger partial charge in [0.15, 0.2) is 0 Å². The van der Waals surface area contributed by atoms with Crippen LogP contribution in [0.5, 0.6) is 0 Å². The first kappa shape index (κ1) is 21.3. The predicted octanol–water partition coefficient (Wildman–Crippen LogP) is 2.10. The molecule has 0 saturated carbocycles. The van der Waals surface area contributed by atoms with E-state index < -0.39 is 4.92 Å². The molecule has 1 heterocycles. The standard InChI is InChI=1S/C15H29N5O2S2/c1-14(2,23)11-16-5-7-18(12-15(3,4)24)9-10-19-8-6-17-13(19)20(21)22/h6,8,16,23-24H,5,7,9-12H2,1-4H3. The van der Waals surface area contributed by atoms with Gasteiger partial charge in [0, 0.05) is 42.2 Å². The minimum Gasteiger partial charge on any atom is -0.390 e. The minimum absolute atomic E-state index is 0.0505. The molecule has 9 heteroatoms. The van der Waals surface area contributed by atoms with Crippen molar-refractivity contribution < 1.29 is 4.92 Å². The van der Waals surface area contributed by atoms with E-state index in [0.29, 0.717) is 13.1 Å². The molecule has 0 aromatic carbocycles. The van der Waals surface area contributed by atoms with Gasteiger partial charge in [0.05, 0.1) is 6.54 Å². The summed E-state index contributed by atoms with van der Waals surface area (Å²) >= 11 is 9.10. The van der Waals surface area contributed by atoms with Crippen molar-refractivity contribution in [3.63, 3.8) is 0 Å². The summed E-state index contributed by atoms with van der Waals surface area (Å²) in [6.07, 6.45) is 3.10. The van der Waals surface area contributed by atoms with Crippen molar-refractivity contribution in [1.82, 2.24) is 19.8 Å². The van der Waals surface area contributed by atoms with Crippen LogP contribution in [0.3, 0.4) is 0 Å². The highest BCUT2D eigenvalue weighted by atomic mass is 32.1. The van der Waals surface area contributed by atoms with Crippen molar-refractivity contribution in [2.24, 2.45) is 0 Å². The summed E-state index contributed by atoms with van der Waals surface area (Å²) in [5.41, 5.74) is 0. The Hall–Kier alpha value is -0.770. The lowest BCUT2D eigenvalue weighted by atomic mass is 10.2. The van der Waals surface area contributed by atoms with Crippen LogP contribution in [0.15, 0.2) is 12.4 Å². The Labute approximate surface area is 155 Å². The van der Waals surface area contributed by atoms with Gasteiger partial charge in [-0.15, -0.1) is 0 Å². The number of hydrogen-bond donors (Lipinski definition) is 3. The van der Waals surface area contributed by atoms with E-state index in [9.17, 15) is 10.1 Å². The molecule has 1 aromatic heterocycles. The van der Waals surface area contributed by atoms with Gasteiger partial charge in [-0.2, -0.15) is 25.3 Å². The first-order valence-electron chi connectivity index (χ1n) is 8.01. The summed E-state index contributed by atoms with van der Waals surface area (Å²) in [6, 6.07) is 0. The van der Waals surface area contributed by atoms with Crippen molar-refractivity contribution in [2.45, 2.75) is 43.7 Å². The summed E-state index contributed by atoms with van der Waals surface area (Å²) in [5.74, 6) is -0.116. The van der Waals surface area contributed by atoms with Crippen LogP contribution in [0, 0.1) is 10.1 Å². The molecule has 0 aliphatic rings. The van der Waals surface area contributed by atoms with Crippen molar-refractivity contribution in [3.05, 3.63) is 22.5 Å². The summed E-state index contributed by atoms with van der Waals surface area (Å²) in [5, 5.41) is 14.3. The van der Waals surface area contributed by atoms with Crippen molar-refractivity contribution in [2.75, 3.05) is 32.7 Å². The lowest BCUT2D eigenvalue weighted by Gasteiger charge is -2.29. The van der Waals surface area contributed by atoms with E-state index in [1.807, 2.05) is 0 Å². The number of nitrogens with zero attached hydrogens (tertiary/aromatic N) is 4. The maximum Gasteiger partial charge on any atom is 0.434 e.